The van der Waals surface area contributed by atoms with Gasteiger partial charge in [0, 0.05) is 16.6 Å². The quantitative estimate of drug-likeness (QED) is 0.856. The van der Waals surface area contributed by atoms with Crippen LogP contribution in [0.1, 0.15) is 19.5 Å². The van der Waals surface area contributed by atoms with Crippen LogP contribution in [-0.4, -0.2) is 23.2 Å². The minimum absolute atomic E-state index is 0.688. The summed E-state index contributed by atoms with van der Waals surface area (Å²) < 4.78 is 5.13. The van der Waals surface area contributed by atoms with E-state index >= 15 is 0 Å². The standard InChI is InChI=1S/C13H15NO3/c1-13(2,12(15)16)11-7-8-6-9(17-3)4-5-10(8)14-11/h4-7,14H,1-3H3,(H,15,16). The van der Waals surface area contributed by atoms with Gasteiger partial charge in [0.05, 0.1) is 7.11 Å². The number of methoxy groups -OCH3 is 1. The molecule has 4 nitrogen and oxygen atoms in total. The number of rotatable bonds is 3. The predicted octanol–water partition coefficient (Wildman–Crippen LogP) is 2.54. The summed E-state index contributed by atoms with van der Waals surface area (Å²) in [5, 5.41) is 10.1. The number of nitrogens with one attached hydrogen (secondary N) is 1. The number of hydrogen-bond acceptors (Lipinski definition) is 2. The Morgan fingerprint density at radius 3 is 2.65 bits per heavy atom. The molecule has 0 saturated carbocycles. The predicted molar refractivity (Wildman–Crippen MR) is 65.5 cm³/mol. The monoisotopic (exact) mass is 233 g/mol. The van der Waals surface area contributed by atoms with Gasteiger partial charge in [-0.05, 0) is 38.1 Å². The molecule has 17 heavy (non-hydrogen) atoms. The van der Waals surface area contributed by atoms with Gasteiger partial charge in [-0.15, -0.1) is 0 Å². The van der Waals surface area contributed by atoms with E-state index in [1.54, 1.807) is 21.0 Å². The first-order valence-electron chi connectivity index (χ1n) is 5.36. The Balaban J connectivity index is 2.55. The zero-order valence-electron chi connectivity index (χ0n) is 10.1. The average molecular weight is 233 g/mol. The summed E-state index contributed by atoms with van der Waals surface area (Å²) in [5.74, 6) is -0.0906. The van der Waals surface area contributed by atoms with Crippen molar-refractivity contribution in [2.45, 2.75) is 19.3 Å². The van der Waals surface area contributed by atoms with Crippen molar-refractivity contribution in [1.82, 2.24) is 4.98 Å². The number of carboxylic acids is 1. The number of carbonyl (C=O) groups is 1. The van der Waals surface area contributed by atoms with E-state index in [1.165, 1.54) is 0 Å². The van der Waals surface area contributed by atoms with Gasteiger partial charge >= 0.3 is 5.97 Å². The summed E-state index contributed by atoms with van der Waals surface area (Å²) in [6.45, 7) is 3.36. The summed E-state index contributed by atoms with van der Waals surface area (Å²) in [6, 6.07) is 7.46. The molecule has 0 fully saturated rings. The maximum absolute atomic E-state index is 11.2. The number of H-pyrrole nitrogens is 1. The second kappa shape index (κ2) is 3.80. The van der Waals surface area contributed by atoms with Gasteiger partial charge < -0.3 is 14.8 Å². The zero-order chi connectivity index (χ0) is 12.6. The molecule has 2 rings (SSSR count). The number of carboxylic acid groups (broad SMARTS) is 1. The molecule has 0 amide bonds. The summed E-state index contributed by atoms with van der Waals surface area (Å²) in [6.07, 6.45) is 0. The van der Waals surface area contributed by atoms with E-state index in [2.05, 4.69) is 4.98 Å². The summed E-state index contributed by atoms with van der Waals surface area (Å²) in [7, 11) is 1.61. The Morgan fingerprint density at radius 1 is 1.35 bits per heavy atom. The minimum Gasteiger partial charge on any atom is -0.497 e. The molecule has 90 valence electrons. The van der Waals surface area contributed by atoms with Gasteiger partial charge in [-0.3, -0.25) is 4.79 Å². The molecular formula is C13H15NO3. The van der Waals surface area contributed by atoms with E-state index in [4.69, 9.17) is 4.74 Å². The topological polar surface area (TPSA) is 62.3 Å². The Morgan fingerprint density at radius 2 is 2.06 bits per heavy atom. The number of ether oxygens (including phenoxy) is 1. The molecule has 0 aliphatic heterocycles. The summed E-state index contributed by atoms with van der Waals surface area (Å²) in [4.78, 5) is 14.3. The van der Waals surface area contributed by atoms with Crippen molar-refractivity contribution in [1.29, 1.82) is 0 Å². The molecule has 1 aromatic heterocycles. The van der Waals surface area contributed by atoms with Crippen LogP contribution in [0.2, 0.25) is 0 Å². The third-order valence-electron chi connectivity index (χ3n) is 3.04. The van der Waals surface area contributed by atoms with Crippen molar-refractivity contribution in [3.63, 3.8) is 0 Å². The molecule has 0 radical (unpaired) electrons. The van der Waals surface area contributed by atoms with Crippen LogP contribution in [-0.2, 0) is 10.2 Å². The van der Waals surface area contributed by atoms with Gasteiger partial charge in [0.2, 0.25) is 0 Å². The normalized spacial score (nSPS) is 11.7. The van der Waals surface area contributed by atoms with Crippen LogP contribution in [0.4, 0.5) is 0 Å². The highest BCUT2D eigenvalue weighted by molar-refractivity contribution is 5.86. The Bertz CT molecular complexity index is 569. The first kappa shape index (κ1) is 11.5. The molecule has 1 aromatic carbocycles. The van der Waals surface area contributed by atoms with Gasteiger partial charge in [0.1, 0.15) is 11.2 Å². The van der Waals surface area contributed by atoms with Crippen LogP contribution >= 0.6 is 0 Å². The lowest BCUT2D eigenvalue weighted by Gasteiger charge is -2.16. The Kier molecular flexibility index (Phi) is 2.58. The average Bonchev–Trinajstić information content (AvgIpc) is 2.71. The smallest absolute Gasteiger partial charge is 0.315 e. The number of aromatic amines is 1. The van der Waals surface area contributed by atoms with Crippen molar-refractivity contribution in [2.24, 2.45) is 0 Å². The third kappa shape index (κ3) is 1.86. The maximum atomic E-state index is 11.2. The Hall–Kier alpha value is -1.97. The first-order valence-corrected chi connectivity index (χ1v) is 5.36. The molecular weight excluding hydrogens is 218 g/mol. The van der Waals surface area contributed by atoms with Gasteiger partial charge in [-0.25, -0.2) is 0 Å². The van der Waals surface area contributed by atoms with Crippen molar-refractivity contribution < 1.29 is 14.6 Å². The fourth-order valence-electron chi connectivity index (χ4n) is 1.69. The lowest BCUT2D eigenvalue weighted by atomic mass is 9.90. The van der Waals surface area contributed by atoms with E-state index in [0.29, 0.717) is 5.69 Å². The highest BCUT2D eigenvalue weighted by Crippen LogP contribution is 2.28. The molecule has 0 aliphatic carbocycles. The molecule has 0 unspecified atom stereocenters. The summed E-state index contributed by atoms with van der Waals surface area (Å²) in [5.41, 5.74) is 0.676. The third-order valence-corrected chi connectivity index (χ3v) is 3.04. The van der Waals surface area contributed by atoms with Gasteiger partial charge in [-0.2, -0.15) is 0 Å². The zero-order valence-corrected chi connectivity index (χ0v) is 10.1. The fraction of sp³-hybridized carbons (Fsp3) is 0.308. The molecule has 0 spiro atoms. The number of aromatic nitrogens is 1. The van der Waals surface area contributed by atoms with E-state index in [0.717, 1.165) is 16.7 Å². The molecule has 2 N–H and O–H groups in total. The molecule has 0 aliphatic rings. The van der Waals surface area contributed by atoms with Crippen LogP contribution in [0.15, 0.2) is 24.3 Å². The van der Waals surface area contributed by atoms with Crippen LogP contribution in [0.3, 0.4) is 0 Å². The SMILES string of the molecule is COc1ccc2[nH]c(C(C)(C)C(=O)O)cc2c1. The van der Waals surface area contributed by atoms with Crippen LogP contribution in [0.25, 0.3) is 10.9 Å². The molecule has 2 aromatic rings. The van der Waals surface area contributed by atoms with E-state index < -0.39 is 11.4 Å². The molecule has 0 atom stereocenters. The van der Waals surface area contributed by atoms with Gasteiger partial charge in [0.15, 0.2) is 0 Å². The van der Waals surface area contributed by atoms with Crippen LogP contribution in [0, 0.1) is 0 Å². The second-order valence-corrected chi connectivity index (χ2v) is 4.57. The number of fused-ring (bicyclic) bond motifs is 1. The van der Waals surface area contributed by atoms with Crippen LogP contribution in [0.5, 0.6) is 5.75 Å². The lowest BCUT2D eigenvalue weighted by molar-refractivity contribution is -0.142. The largest absolute Gasteiger partial charge is 0.497 e. The number of hydrogen-bond donors (Lipinski definition) is 2. The van der Waals surface area contributed by atoms with Crippen LogP contribution < -0.4 is 4.74 Å². The first-order chi connectivity index (χ1) is 7.95. The Labute approximate surface area is 99.2 Å². The van der Waals surface area contributed by atoms with Crippen molar-refractivity contribution in [3.8, 4) is 5.75 Å². The van der Waals surface area contributed by atoms with E-state index in [9.17, 15) is 9.90 Å². The number of aliphatic carboxylic acids is 1. The van der Waals surface area contributed by atoms with Gasteiger partial charge in [0.25, 0.3) is 0 Å². The van der Waals surface area contributed by atoms with Crippen molar-refractivity contribution >= 4 is 16.9 Å². The minimum atomic E-state index is -0.924. The molecule has 4 heteroatoms. The van der Waals surface area contributed by atoms with Crippen molar-refractivity contribution in [3.05, 3.63) is 30.0 Å². The lowest BCUT2D eigenvalue weighted by Crippen LogP contribution is -2.28. The maximum Gasteiger partial charge on any atom is 0.315 e. The molecule has 1 heterocycles. The fourth-order valence-corrected chi connectivity index (χ4v) is 1.69. The molecule has 0 bridgehead atoms. The van der Waals surface area contributed by atoms with Crippen molar-refractivity contribution in [2.75, 3.05) is 7.11 Å². The second-order valence-electron chi connectivity index (χ2n) is 4.57. The van der Waals surface area contributed by atoms with E-state index in [-0.39, 0.29) is 0 Å². The highest BCUT2D eigenvalue weighted by Gasteiger charge is 2.31. The van der Waals surface area contributed by atoms with Gasteiger partial charge in [-0.1, -0.05) is 0 Å². The number of benzene rings is 1. The van der Waals surface area contributed by atoms with E-state index in [1.807, 2.05) is 24.3 Å². The highest BCUT2D eigenvalue weighted by atomic mass is 16.5. The molecule has 0 saturated heterocycles. The summed E-state index contributed by atoms with van der Waals surface area (Å²) >= 11 is 0.